The summed E-state index contributed by atoms with van der Waals surface area (Å²) in [5.74, 6) is -1.09. The number of piperidine rings is 1. The molecule has 10 nitrogen and oxygen atoms in total. The third-order valence-corrected chi connectivity index (χ3v) is 6.76. The predicted octanol–water partition coefficient (Wildman–Crippen LogP) is 3.89. The highest BCUT2D eigenvalue weighted by Gasteiger charge is 2.32. The van der Waals surface area contributed by atoms with E-state index in [0.717, 1.165) is 23.5 Å². The lowest BCUT2D eigenvalue weighted by atomic mass is 9.97. The number of aryl methyl sites for hydroxylation is 2. The van der Waals surface area contributed by atoms with E-state index in [1.807, 2.05) is 19.9 Å². The van der Waals surface area contributed by atoms with Gasteiger partial charge in [-0.25, -0.2) is 14.6 Å². The summed E-state index contributed by atoms with van der Waals surface area (Å²) in [6, 6.07) is 6.95. The predicted molar refractivity (Wildman–Crippen MR) is 130 cm³/mol. The lowest BCUT2D eigenvalue weighted by molar-refractivity contribution is -0.274. The fourth-order valence-corrected chi connectivity index (χ4v) is 5.06. The van der Waals surface area contributed by atoms with Gasteiger partial charge in [0.2, 0.25) is 0 Å². The van der Waals surface area contributed by atoms with Crippen LogP contribution in [0.1, 0.15) is 40.4 Å². The highest BCUT2D eigenvalue weighted by atomic mass is 32.2. The van der Waals surface area contributed by atoms with Gasteiger partial charge in [0, 0.05) is 30.2 Å². The minimum atomic E-state index is -4.82. The Balaban J connectivity index is 1.61. The van der Waals surface area contributed by atoms with Gasteiger partial charge in [-0.3, -0.25) is 9.59 Å². The van der Waals surface area contributed by atoms with E-state index in [0.29, 0.717) is 42.5 Å². The molecule has 1 amide bonds. The molecule has 4 rings (SSSR count). The molecule has 0 bridgehead atoms. The Morgan fingerprint density at radius 2 is 1.71 bits per heavy atom. The van der Waals surface area contributed by atoms with Gasteiger partial charge in [-0.15, -0.1) is 18.3 Å². The first-order valence-electron chi connectivity index (χ1n) is 11.7. The zero-order valence-electron chi connectivity index (χ0n) is 20.9. The third kappa shape index (κ3) is 6.60. The van der Waals surface area contributed by atoms with Gasteiger partial charge >= 0.3 is 12.3 Å². The summed E-state index contributed by atoms with van der Waals surface area (Å²) in [7, 11) is 1.34. The zero-order valence-corrected chi connectivity index (χ0v) is 21.7. The number of halogens is 3. The van der Waals surface area contributed by atoms with Crippen LogP contribution in [0.25, 0.3) is 5.69 Å². The number of hydrogen-bond acceptors (Lipinski definition) is 9. The highest BCUT2D eigenvalue weighted by Crippen LogP contribution is 2.28. The average molecular weight is 551 g/mol. The molecule has 1 saturated heterocycles. The molecule has 2 aromatic heterocycles. The van der Waals surface area contributed by atoms with Crippen LogP contribution < -0.4 is 4.74 Å². The normalized spacial score (nSPS) is 14.4. The van der Waals surface area contributed by atoms with Crippen LogP contribution in [0.2, 0.25) is 0 Å². The van der Waals surface area contributed by atoms with Crippen molar-refractivity contribution in [1.82, 2.24) is 29.9 Å². The lowest BCUT2D eigenvalue weighted by Gasteiger charge is -2.30. The van der Waals surface area contributed by atoms with Gasteiger partial charge in [0.05, 0.1) is 24.4 Å². The lowest BCUT2D eigenvalue weighted by Crippen LogP contribution is -2.41. The van der Waals surface area contributed by atoms with E-state index >= 15 is 0 Å². The second kappa shape index (κ2) is 11.4. The van der Waals surface area contributed by atoms with Gasteiger partial charge in [-0.1, -0.05) is 17.0 Å². The Morgan fingerprint density at radius 3 is 2.29 bits per heavy atom. The Kier molecular flexibility index (Phi) is 8.19. The maximum absolute atomic E-state index is 13.5. The molecule has 0 radical (unpaired) electrons. The number of carbonyl (C=O) groups is 2. The molecule has 0 saturated carbocycles. The van der Waals surface area contributed by atoms with Gasteiger partial charge in [-0.2, -0.15) is 0 Å². The van der Waals surface area contributed by atoms with E-state index in [9.17, 15) is 22.8 Å². The van der Waals surface area contributed by atoms with Crippen LogP contribution in [0.4, 0.5) is 13.2 Å². The van der Waals surface area contributed by atoms with Gasteiger partial charge in [0.1, 0.15) is 5.75 Å². The number of hydrogen-bond donors (Lipinski definition) is 0. The largest absolute Gasteiger partial charge is 0.573 e. The molecule has 3 heterocycles. The molecule has 0 aliphatic carbocycles. The van der Waals surface area contributed by atoms with E-state index in [1.165, 1.54) is 35.7 Å². The van der Waals surface area contributed by atoms with Crippen molar-refractivity contribution in [2.45, 2.75) is 44.0 Å². The van der Waals surface area contributed by atoms with E-state index in [2.05, 4.69) is 25.0 Å². The first-order chi connectivity index (χ1) is 18.0. The molecule has 1 aromatic carbocycles. The number of aromatic nitrogens is 5. The van der Waals surface area contributed by atoms with Gasteiger partial charge in [0.25, 0.3) is 5.91 Å². The second-order valence-corrected chi connectivity index (χ2v) is 9.59. The van der Waals surface area contributed by atoms with E-state index < -0.39 is 6.36 Å². The first kappa shape index (κ1) is 27.4. The third-order valence-electron chi connectivity index (χ3n) is 5.90. The summed E-state index contributed by atoms with van der Waals surface area (Å²) in [5, 5.41) is 8.77. The SMILES string of the molecule is COC(=O)C1CCN(C(=O)c2nnn(-c3ccc(OC(F)(F)F)cc3)c2CSc2nc(C)cc(C)n2)CC1. The molecule has 1 aliphatic heterocycles. The van der Waals surface area contributed by atoms with Crippen molar-refractivity contribution in [2.24, 2.45) is 5.92 Å². The average Bonchev–Trinajstić information content (AvgIpc) is 3.29. The number of thioether (sulfide) groups is 1. The van der Waals surface area contributed by atoms with Crippen LogP contribution in [0, 0.1) is 19.8 Å². The summed E-state index contributed by atoms with van der Waals surface area (Å²) in [6.45, 7) is 4.40. The van der Waals surface area contributed by atoms with Crippen molar-refractivity contribution < 1.29 is 32.2 Å². The number of nitrogens with zero attached hydrogens (tertiary/aromatic N) is 6. The fourth-order valence-electron chi connectivity index (χ4n) is 4.12. The molecule has 38 heavy (non-hydrogen) atoms. The molecule has 14 heteroatoms. The molecule has 3 aromatic rings. The van der Waals surface area contributed by atoms with Crippen LogP contribution in [-0.2, 0) is 15.3 Å². The number of benzene rings is 1. The van der Waals surface area contributed by atoms with Gasteiger partial charge < -0.3 is 14.4 Å². The first-order valence-corrected chi connectivity index (χ1v) is 12.7. The minimum Gasteiger partial charge on any atom is -0.469 e. The molecule has 202 valence electrons. The van der Waals surface area contributed by atoms with Crippen LogP contribution in [0.3, 0.4) is 0 Å². The quantitative estimate of drug-likeness (QED) is 0.246. The minimum absolute atomic E-state index is 0.106. The summed E-state index contributed by atoms with van der Waals surface area (Å²) < 4.78 is 47.9. The van der Waals surface area contributed by atoms with Crippen LogP contribution in [0.15, 0.2) is 35.5 Å². The van der Waals surface area contributed by atoms with Crippen molar-refractivity contribution >= 4 is 23.6 Å². The van der Waals surface area contributed by atoms with Crippen molar-refractivity contribution in [3.63, 3.8) is 0 Å². The Morgan fingerprint density at radius 1 is 1.08 bits per heavy atom. The fraction of sp³-hybridized carbons (Fsp3) is 0.417. The van der Waals surface area contributed by atoms with E-state index in [1.54, 1.807) is 4.90 Å². The smallest absolute Gasteiger partial charge is 0.469 e. The zero-order chi connectivity index (χ0) is 27.4. The number of methoxy groups -OCH3 is 1. The van der Waals surface area contributed by atoms with Crippen molar-refractivity contribution in [3.8, 4) is 11.4 Å². The number of alkyl halides is 3. The number of ether oxygens (including phenoxy) is 2. The number of likely N-dealkylation sites (tertiary alicyclic amines) is 1. The number of esters is 1. The van der Waals surface area contributed by atoms with E-state index in [4.69, 9.17) is 4.74 Å². The van der Waals surface area contributed by atoms with Crippen molar-refractivity contribution in [1.29, 1.82) is 0 Å². The summed E-state index contributed by atoms with van der Waals surface area (Å²) >= 11 is 1.28. The second-order valence-electron chi connectivity index (χ2n) is 8.65. The van der Waals surface area contributed by atoms with Crippen LogP contribution in [0.5, 0.6) is 5.75 Å². The molecule has 0 atom stereocenters. The van der Waals surface area contributed by atoms with Crippen molar-refractivity contribution in [2.75, 3.05) is 20.2 Å². The van der Waals surface area contributed by atoms with Gasteiger partial charge in [0.15, 0.2) is 10.9 Å². The Bertz CT molecular complexity index is 1290. The van der Waals surface area contributed by atoms with Crippen LogP contribution in [-0.4, -0.2) is 68.3 Å². The monoisotopic (exact) mass is 550 g/mol. The molecular formula is C24H25F3N6O4S. The molecule has 0 spiro atoms. The number of carbonyl (C=O) groups excluding carboxylic acids is 2. The molecule has 1 fully saturated rings. The maximum atomic E-state index is 13.5. The summed E-state index contributed by atoms with van der Waals surface area (Å²) in [4.78, 5) is 35.8. The topological polar surface area (TPSA) is 112 Å². The maximum Gasteiger partial charge on any atom is 0.573 e. The summed E-state index contributed by atoms with van der Waals surface area (Å²) in [5.41, 5.74) is 2.51. The highest BCUT2D eigenvalue weighted by molar-refractivity contribution is 7.98. The summed E-state index contributed by atoms with van der Waals surface area (Å²) in [6.07, 6.45) is -3.88. The Labute approximate surface area is 220 Å². The molecule has 0 unspecified atom stereocenters. The van der Waals surface area contributed by atoms with Crippen molar-refractivity contribution in [3.05, 3.63) is 53.1 Å². The standard InChI is InChI=1S/C24H25F3N6O4S/c1-14-12-15(2)29-23(28-14)38-13-19-20(21(34)32-10-8-16(9-11-32)22(35)36-3)30-31-33(19)17-4-6-18(7-5-17)37-24(25,26)27/h4-7,12,16H,8-11,13H2,1-3H3. The molecule has 1 aliphatic rings. The van der Waals surface area contributed by atoms with E-state index in [-0.39, 0.29) is 35.0 Å². The van der Waals surface area contributed by atoms with Gasteiger partial charge in [-0.05, 0) is 57.0 Å². The molecule has 0 N–H and O–H groups in total. The Hall–Kier alpha value is -3.68. The number of amides is 1. The molecular weight excluding hydrogens is 525 g/mol. The van der Waals surface area contributed by atoms with Crippen LogP contribution >= 0.6 is 11.8 Å². The number of rotatable bonds is 7.